The zero-order valence-electron chi connectivity index (χ0n) is 11.1. The molecule has 0 atom stereocenters. The lowest BCUT2D eigenvalue weighted by atomic mass is 10.1. The van der Waals surface area contributed by atoms with E-state index in [0.717, 1.165) is 32.7 Å². The third-order valence-electron chi connectivity index (χ3n) is 2.85. The van der Waals surface area contributed by atoms with Crippen LogP contribution in [0.3, 0.4) is 0 Å². The number of rotatable bonds is 6. The second-order valence-electron chi connectivity index (χ2n) is 4.67. The van der Waals surface area contributed by atoms with E-state index in [4.69, 9.17) is 9.47 Å². The van der Waals surface area contributed by atoms with Crippen LogP contribution < -0.4 is 5.32 Å². The first-order valence-corrected chi connectivity index (χ1v) is 6.30. The summed E-state index contributed by atoms with van der Waals surface area (Å²) in [7, 11) is 0. The Morgan fingerprint density at radius 3 is 2.59 bits per heavy atom. The monoisotopic (exact) mass is 244 g/mol. The van der Waals surface area contributed by atoms with E-state index in [0.29, 0.717) is 13.2 Å². The van der Waals surface area contributed by atoms with E-state index in [2.05, 4.69) is 10.2 Å². The quantitative estimate of drug-likeness (QED) is 0.679. The summed E-state index contributed by atoms with van der Waals surface area (Å²) >= 11 is 0. The summed E-state index contributed by atoms with van der Waals surface area (Å²) in [4.78, 5) is 13.9. The Morgan fingerprint density at radius 2 is 2.00 bits per heavy atom. The van der Waals surface area contributed by atoms with E-state index in [9.17, 15) is 4.79 Å². The molecule has 100 valence electrons. The van der Waals surface area contributed by atoms with Crippen molar-refractivity contribution in [1.82, 2.24) is 10.2 Å². The van der Waals surface area contributed by atoms with Gasteiger partial charge in [-0.2, -0.15) is 0 Å². The number of carbonyl (C=O) groups excluding carboxylic acids is 1. The summed E-state index contributed by atoms with van der Waals surface area (Å²) in [6.07, 6.45) is 0. The third kappa shape index (κ3) is 5.02. The number of piperazine rings is 1. The van der Waals surface area contributed by atoms with Crippen LogP contribution in [0.1, 0.15) is 20.8 Å². The van der Waals surface area contributed by atoms with Crippen LogP contribution >= 0.6 is 0 Å². The Bertz CT molecular complexity index is 238. The van der Waals surface area contributed by atoms with Crippen molar-refractivity contribution in [2.75, 3.05) is 45.9 Å². The van der Waals surface area contributed by atoms with Gasteiger partial charge in [-0.1, -0.05) is 0 Å². The van der Waals surface area contributed by atoms with Gasteiger partial charge >= 0.3 is 5.97 Å². The second-order valence-corrected chi connectivity index (χ2v) is 4.67. The van der Waals surface area contributed by atoms with Crippen molar-refractivity contribution in [2.24, 2.45) is 0 Å². The van der Waals surface area contributed by atoms with Crippen LogP contribution in [0.25, 0.3) is 0 Å². The topological polar surface area (TPSA) is 50.8 Å². The predicted octanol–water partition coefficient (Wildman–Crippen LogP) is 0.250. The van der Waals surface area contributed by atoms with Crippen molar-refractivity contribution in [3.8, 4) is 0 Å². The minimum atomic E-state index is -0.843. The maximum absolute atomic E-state index is 11.6. The van der Waals surface area contributed by atoms with Gasteiger partial charge in [0.1, 0.15) is 0 Å². The molecule has 0 amide bonds. The largest absolute Gasteiger partial charge is 0.464 e. The summed E-state index contributed by atoms with van der Waals surface area (Å²) < 4.78 is 10.6. The van der Waals surface area contributed by atoms with Crippen molar-refractivity contribution in [1.29, 1.82) is 0 Å². The Balaban J connectivity index is 2.21. The van der Waals surface area contributed by atoms with Crippen LogP contribution in [0.4, 0.5) is 0 Å². The molecule has 5 heteroatoms. The first-order valence-electron chi connectivity index (χ1n) is 6.30. The van der Waals surface area contributed by atoms with Crippen molar-refractivity contribution in [3.63, 3.8) is 0 Å². The molecule has 1 N–H and O–H groups in total. The molecule has 5 nitrogen and oxygen atoms in total. The molecule has 1 fully saturated rings. The summed E-state index contributed by atoms with van der Waals surface area (Å²) in [6, 6.07) is 0. The molecule has 0 aliphatic carbocycles. The van der Waals surface area contributed by atoms with Gasteiger partial charge in [-0.15, -0.1) is 0 Å². The Hall–Kier alpha value is -0.650. The van der Waals surface area contributed by atoms with E-state index in [1.54, 1.807) is 20.8 Å². The summed E-state index contributed by atoms with van der Waals surface area (Å²) in [5.74, 6) is -0.291. The number of hydrogen-bond acceptors (Lipinski definition) is 5. The number of ether oxygens (including phenoxy) is 2. The van der Waals surface area contributed by atoms with Crippen LogP contribution in [0, 0.1) is 0 Å². The van der Waals surface area contributed by atoms with Gasteiger partial charge in [0.15, 0.2) is 5.60 Å². The number of hydrogen-bond donors (Lipinski definition) is 1. The molecule has 0 aromatic carbocycles. The first-order chi connectivity index (χ1) is 8.06. The molecule has 1 aliphatic rings. The van der Waals surface area contributed by atoms with Crippen LogP contribution in [0.2, 0.25) is 0 Å². The second kappa shape index (κ2) is 6.93. The van der Waals surface area contributed by atoms with E-state index in [-0.39, 0.29) is 5.97 Å². The Morgan fingerprint density at radius 1 is 1.35 bits per heavy atom. The van der Waals surface area contributed by atoms with E-state index >= 15 is 0 Å². The van der Waals surface area contributed by atoms with Crippen LogP contribution in [0.5, 0.6) is 0 Å². The van der Waals surface area contributed by atoms with E-state index in [1.165, 1.54) is 0 Å². The molecule has 1 heterocycles. The summed E-state index contributed by atoms with van der Waals surface area (Å²) in [6.45, 7) is 11.3. The van der Waals surface area contributed by atoms with E-state index < -0.39 is 5.60 Å². The lowest BCUT2D eigenvalue weighted by Crippen LogP contribution is -2.46. The third-order valence-corrected chi connectivity index (χ3v) is 2.85. The lowest BCUT2D eigenvalue weighted by Gasteiger charge is -2.29. The summed E-state index contributed by atoms with van der Waals surface area (Å²) in [5, 5.41) is 3.30. The average Bonchev–Trinajstić information content (AvgIpc) is 2.30. The minimum absolute atomic E-state index is 0.291. The fourth-order valence-electron chi connectivity index (χ4n) is 1.73. The van der Waals surface area contributed by atoms with Gasteiger partial charge in [0.05, 0.1) is 13.2 Å². The Labute approximate surface area is 103 Å². The van der Waals surface area contributed by atoms with Crippen molar-refractivity contribution in [2.45, 2.75) is 26.4 Å². The zero-order chi connectivity index (χ0) is 12.7. The highest BCUT2D eigenvalue weighted by Crippen LogP contribution is 2.11. The molecule has 0 bridgehead atoms. The smallest absolute Gasteiger partial charge is 0.337 e. The van der Waals surface area contributed by atoms with Crippen molar-refractivity contribution >= 4 is 5.97 Å². The number of esters is 1. The van der Waals surface area contributed by atoms with Gasteiger partial charge in [-0.25, -0.2) is 4.79 Å². The maximum Gasteiger partial charge on any atom is 0.337 e. The van der Waals surface area contributed by atoms with Crippen LogP contribution in [0.15, 0.2) is 0 Å². The van der Waals surface area contributed by atoms with Crippen LogP contribution in [-0.4, -0.2) is 62.4 Å². The lowest BCUT2D eigenvalue weighted by molar-refractivity contribution is -0.168. The molecule has 0 saturated carbocycles. The summed E-state index contributed by atoms with van der Waals surface area (Å²) in [5.41, 5.74) is -0.843. The molecular formula is C12H24N2O3. The highest BCUT2D eigenvalue weighted by molar-refractivity contribution is 5.78. The molecule has 0 radical (unpaired) electrons. The number of nitrogens with one attached hydrogen (secondary N) is 1. The van der Waals surface area contributed by atoms with Gasteiger partial charge in [0, 0.05) is 32.7 Å². The molecule has 17 heavy (non-hydrogen) atoms. The highest BCUT2D eigenvalue weighted by Gasteiger charge is 2.30. The minimum Gasteiger partial charge on any atom is -0.464 e. The zero-order valence-corrected chi connectivity index (χ0v) is 11.1. The van der Waals surface area contributed by atoms with Gasteiger partial charge in [0.2, 0.25) is 0 Å². The maximum atomic E-state index is 11.6. The predicted molar refractivity (Wildman–Crippen MR) is 66.0 cm³/mol. The number of carbonyl (C=O) groups is 1. The van der Waals surface area contributed by atoms with Crippen LogP contribution in [-0.2, 0) is 14.3 Å². The van der Waals surface area contributed by atoms with Crippen molar-refractivity contribution in [3.05, 3.63) is 0 Å². The highest BCUT2D eigenvalue weighted by atomic mass is 16.6. The molecule has 1 aliphatic heterocycles. The SMILES string of the molecule is CCOC(=O)C(C)(C)OCCN1CCNCC1. The molecular weight excluding hydrogens is 220 g/mol. The molecule has 0 unspecified atom stereocenters. The van der Waals surface area contributed by atoms with Gasteiger partial charge in [-0.3, -0.25) is 4.90 Å². The fourth-order valence-corrected chi connectivity index (χ4v) is 1.73. The number of nitrogens with zero attached hydrogens (tertiary/aromatic N) is 1. The molecule has 0 aromatic rings. The average molecular weight is 244 g/mol. The standard InChI is InChI=1S/C12H24N2O3/c1-4-16-11(15)12(2,3)17-10-9-14-7-5-13-6-8-14/h13H,4-10H2,1-3H3. The first kappa shape index (κ1) is 14.4. The van der Waals surface area contributed by atoms with Gasteiger partial charge in [-0.05, 0) is 20.8 Å². The van der Waals surface area contributed by atoms with Gasteiger partial charge in [0.25, 0.3) is 0 Å². The van der Waals surface area contributed by atoms with Gasteiger partial charge < -0.3 is 14.8 Å². The fraction of sp³-hybridized carbons (Fsp3) is 0.917. The normalized spacial score (nSPS) is 18.1. The molecule has 1 rings (SSSR count). The molecule has 0 aromatic heterocycles. The van der Waals surface area contributed by atoms with Crippen molar-refractivity contribution < 1.29 is 14.3 Å². The molecule has 1 saturated heterocycles. The van der Waals surface area contributed by atoms with E-state index in [1.807, 2.05) is 0 Å². The molecule has 0 spiro atoms. The Kier molecular flexibility index (Phi) is 5.88.